The highest BCUT2D eigenvalue weighted by Crippen LogP contribution is 2.23. The third-order valence-corrected chi connectivity index (χ3v) is 7.29. The number of halogens is 2. The number of hydrogen-bond donors (Lipinski definition) is 1. The maximum absolute atomic E-state index is 12.9. The van der Waals surface area contributed by atoms with Crippen LogP contribution in [0.4, 0.5) is 0 Å². The van der Waals surface area contributed by atoms with Crippen molar-refractivity contribution in [1.29, 1.82) is 0 Å². The van der Waals surface area contributed by atoms with Crippen molar-refractivity contribution in [2.45, 2.75) is 25.6 Å². The fourth-order valence-electron chi connectivity index (χ4n) is 4.36. The van der Waals surface area contributed by atoms with Gasteiger partial charge < -0.3 is 10.0 Å². The predicted octanol–water partition coefficient (Wildman–Crippen LogP) is 3.41. The van der Waals surface area contributed by atoms with Gasteiger partial charge in [0, 0.05) is 60.9 Å². The molecule has 0 radical (unpaired) electrons. The molecule has 4 rings (SSSR count). The maximum atomic E-state index is 12.9. The van der Waals surface area contributed by atoms with Gasteiger partial charge in [0.2, 0.25) is 0 Å². The Morgan fingerprint density at radius 1 is 1.10 bits per heavy atom. The number of carbonyl (C=O) groups is 1. The van der Waals surface area contributed by atoms with Crippen molar-refractivity contribution < 1.29 is 9.90 Å². The van der Waals surface area contributed by atoms with E-state index in [0.29, 0.717) is 18.7 Å². The van der Waals surface area contributed by atoms with Crippen LogP contribution < -0.4 is 0 Å². The summed E-state index contributed by atoms with van der Waals surface area (Å²) in [6, 6.07) is 13.7. The molecule has 2 atom stereocenters. The van der Waals surface area contributed by atoms with Crippen LogP contribution in [0.25, 0.3) is 0 Å². The highest BCUT2D eigenvalue weighted by molar-refractivity contribution is 9.10. The molecular formula is C23H27BrClN3O2. The lowest BCUT2D eigenvalue weighted by Gasteiger charge is -2.38. The number of aliphatic hydroxyl groups excluding tert-OH is 1. The Morgan fingerprint density at radius 3 is 2.47 bits per heavy atom. The van der Waals surface area contributed by atoms with Crippen LogP contribution in [0.2, 0.25) is 5.02 Å². The minimum atomic E-state index is -0.506. The zero-order valence-electron chi connectivity index (χ0n) is 17.1. The fourth-order valence-corrected chi connectivity index (χ4v) is 4.73. The molecule has 0 bridgehead atoms. The molecule has 30 heavy (non-hydrogen) atoms. The quantitative estimate of drug-likeness (QED) is 0.711. The van der Waals surface area contributed by atoms with Gasteiger partial charge in [-0.1, -0.05) is 39.7 Å². The highest BCUT2D eigenvalue weighted by atomic mass is 79.9. The van der Waals surface area contributed by atoms with Gasteiger partial charge in [0.1, 0.15) is 0 Å². The lowest BCUT2D eigenvalue weighted by atomic mass is 10.1. The molecular weight excluding hydrogens is 466 g/mol. The second-order valence-electron chi connectivity index (χ2n) is 8.25. The number of amides is 1. The van der Waals surface area contributed by atoms with E-state index < -0.39 is 6.10 Å². The standard InChI is InChI=1S/C23H27BrClN3O2/c1-16-12-18(4-7-20(16)24)23(30)28-14-21(22(29)15-28)27-10-8-26(9-11-27)13-17-2-5-19(25)6-3-17/h2-7,12,21-22,29H,8-11,13-15H2,1H3/t21-,22-/m1/s1. The van der Waals surface area contributed by atoms with Crippen LogP contribution in [-0.4, -0.2) is 77.1 Å². The van der Waals surface area contributed by atoms with Crippen LogP contribution in [0.1, 0.15) is 21.5 Å². The van der Waals surface area contributed by atoms with E-state index >= 15 is 0 Å². The first-order valence-corrected chi connectivity index (χ1v) is 11.5. The summed E-state index contributed by atoms with van der Waals surface area (Å²) in [5.41, 5.74) is 2.97. The first-order chi connectivity index (χ1) is 14.4. The van der Waals surface area contributed by atoms with Crippen LogP contribution in [0, 0.1) is 6.92 Å². The molecule has 2 aliphatic heterocycles. The van der Waals surface area contributed by atoms with Crippen molar-refractivity contribution in [1.82, 2.24) is 14.7 Å². The second kappa shape index (κ2) is 9.37. The molecule has 2 aromatic rings. The Labute approximate surface area is 191 Å². The average Bonchev–Trinajstić information content (AvgIpc) is 3.13. The van der Waals surface area contributed by atoms with E-state index in [2.05, 4.69) is 37.9 Å². The van der Waals surface area contributed by atoms with E-state index in [1.165, 1.54) is 5.56 Å². The summed E-state index contributed by atoms with van der Waals surface area (Å²) in [6.45, 7) is 7.55. The summed E-state index contributed by atoms with van der Waals surface area (Å²) in [6.07, 6.45) is -0.506. The van der Waals surface area contributed by atoms with Crippen LogP contribution >= 0.6 is 27.5 Å². The molecule has 2 aromatic carbocycles. The third-order valence-electron chi connectivity index (χ3n) is 6.15. The van der Waals surface area contributed by atoms with Crippen LogP contribution in [0.15, 0.2) is 46.9 Å². The van der Waals surface area contributed by atoms with Crippen molar-refractivity contribution in [3.05, 3.63) is 68.7 Å². The summed E-state index contributed by atoms with van der Waals surface area (Å²) >= 11 is 9.45. The summed E-state index contributed by atoms with van der Waals surface area (Å²) in [4.78, 5) is 19.5. The fraction of sp³-hybridized carbons (Fsp3) is 0.435. The monoisotopic (exact) mass is 491 g/mol. The summed E-state index contributed by atoms with van der Waals surface area (Å²) in [7, 11) is 0. The van der Waals surface area contributed by atoms with Gasteiger partial charge in [-0.15, -0.1) is 0 Å². The number of rotatable bonds is 4. The summed E-state index contributed by atoms with van der Waals surface area (Å²) in [5.74, 6) is -0.00600. The SMILES string of the molecule is Cc1cc(C(=O)N2C[C@@H](O)[C@H](N3CCN(Cc4ccc(Cl)cc4)CC3)C2)ccc1Br. The van der Waals surface area contributed by atoms with E-state index in [9.17, 15) is 9.90 Å². The van der Waals surface area contributed by atoms with Crippen LogP contribution in [-0.2, 0) is 6.54 Å². The first kappa shape index (κ1) is 21.8. The molecule has 2 saturated heterocycles. The van der Waals surface area contributed by atoms with Crippen molar-refractivity contribution in [2.24, 2.45) is 0 Å². The molecule has 0 aliphatic carbocycles. The summed E-state index contributed by atoms with van der Waals surface area (Å²) < 4.78 is 0.995. The van der Waals surface area contributed by atoms with Crippen molar-refractivity contribution in [3.63, 3.8) is 0 Å². The van der Waals surface area contributed by atoms with Crippen molar-refractivity contribution in [3.8, 4) is 0 Å². The molecule has 0 unspecified atom stereocenters. The zero-order chi connectivity index (χ0) is 21.3. The van der Waals surface area contributed by atoms with Gasteiger partial charge in [0.15, 0.2) is 0 Å². The number of nitrogens with zero attached hydrogens (tertiary/aromatic N) is 3. The number of aliphatic hydroxyl groups is 1. The van der Waals surface area contributed by atoms with E-state index in [4.69, 9.17) is 11.6 Å². The van der Waals surface area contributed by atoms with Gasteiger partial charge in [-0.2, -0.15) is 0 Å². The van der Waals surface area contributed by atoms with E-state index in [1.807, 2.05) is 37.3 Å². The van der Waals surface area contributed by atoms with Gasteiger partial charge >= 0.3 is 0 Å². The molecule has 2 aliphatic rings. The molecule has 1 N–H and O–H groups in total. The van der Waals surface area contributed by atoms with E-state index in [1.54, 1.807) is 4.90 Å². The van der Waals surface area contributed by atoms with Gasteiger partial charge in [0.25, 0.3) is 5.91 Å². The van der Waals surface area contributed by atoms with Crippen LogP contribution in [0.5, 0.6) is 0 Å². The second-order valence-corrected chi connectivity index (χ2v) is 9.54. The Hall–Kier alpha value is -1.44. The molecule has 160 valence electrons. The molecule has 1 amide bonds. The topological polar surface area (TPSA) is 47.0 Å². The maximum Gasteiger partial charge on any atom is 0.254 e. The Kier molecular flexibility index (Phi) is 6.80. The molecule has 0 saturated carbocycles. The number of β-amino-alcohol motifs (C(OH)–C–C–N with tert-alkyl or cyclic N) is 1. The minimum Gasteiger partial charge on any atom is -0.390 e. The van der Waals surface area contributed by atoms with Gasteiger partial charge in [-0.3, -0.25) is 14.6 Å². The van der Waals surface area contributed by atoms with E-state index in [0.717, 1.165) is 47.8 Å². The van der Waals surface area contributed by atoms with Crippen LogP contribution in [0.3, 0.4) is 0 Å². The van der Waals surface area contributed by atoms with Gasteiger partial charge in [-0.05, 0) is 48.4 Å². The molecule has 7 heteroatoms. The van der Waals surface area contributed by atoms with Gasteiger partial charge in [0.05, 0.1) is 12.1 Å². The normalized spacial score (nSPS) is 23.1. The lowest BCUT2D eigenvalue weighted by Crippen LogP contribution is -2.53. The third kappa shape index (κ3) is 4.89. The summed E-state index contributed by atoms with van der Waals surface area (Å²) in [5, 5.41) is 11.4. The number of likely N-dealkylation sites (tertiary alicyclic amines) is 1. The zero-order valence-corrected chi connectivity index (χ0v) is 19.4. The Bertz CT molecular complexity index is 900. The number of hydrogen-bond acceptors (Lipinski definition) is 4. The molecule has 2 heterocycles. The van der Waals surface area contributed by atoms with E-state index in [-0.39, 0.29) is 11.9 Å². The predicted molar refractivity (Wildman–Crippen MR) is 123 cm³/mol. The molecule has 0 aromatic heterocycles. The minimum absolute atomic E-state index is 0.00294. The smallest absolute Gasteiger partial charge is 0.254 e. The lowest BCUT2D eigenvalue weighted by molar-refractivity contribution is 0.0423. The Morgan fingerprint density at radius 2 is 1.80 bits per heavy atom. The number of piperazine rings is 1. The highest BCUT2D eigenvalue weighted by Gasteiger charge is 2.38. The molecule has 2 fully saturated rings. The number of carbonyl (C=O) groups excluding carboxylic acids is 1. The number of benzene rings is 2. The van der Waals surface area contributed by atoms with Crippen molar-refractivity contribution in [2.75, 3.05) is 39.3 Å². The number of aryl methyl sites for hydroxylation is 1. The Balaban J connectivity index is 1.32. The average molecular weight is 493 g/mol. The first-order valence-electron chi connectivity index (χ1n) is 10.3. The largest absolute Gasteiger partial charge is 0.390 e. The molecule has 5 nitrogen and oxygen atoms in total. The van der Waals surface area contributed by atoms with Gasteiger partial charge in [-0.25, -0.2) is 0 Å². The van der Waals surface area contributed by atoms with Crippen molar-refractivity contribution >= 4 is 33.4 Å². The molecule has 0 spiro atoms.